The van der Waals surface area contributed by atoms with Crippen LogP contribution in [-0.2, 0) is 14.4 Å². The number of rotatable bonds is 0. The second-order valence-electron chi connectivity index (χ2n) is 5.44. The van der Waals surface area contributed by atoms with Gasteiger partial charge in [-0.1, -0.05) is 0 Å². The van der Waals surface area contributed by atoms with Crippen molar-refractivity contribution in [2.45, 2.75) is 38.9 Å². The predicted octanol–water partition coefficient (Wildman–Crippen LogP) is 0.673. The highest BCUT2D eigenvalue weighted by atomic mass is 16.7. The molecule has 96 valence electrons. The molecule has 0 unspecified atom stereocenters. The summed E-state index contributed by atoms with van der Waals surface area (Å²) < 4.78 is 5.28. The Labute approximate surface area is 100 Å². The summed E-state index contributed by atoms with van der Waals surface area (Å²) in [6.45, 7) is 6.39. The zero-order valence-corrected chi connectivity index (χ0v) is 10.4. The first-order chi connectivity index (χ1) is 7.87. The fraction of sp³-hybridized carbons (Fsp3) is 0.818. The molecule has 2 aliphatic heterocycles. The number of carbonyl (C=O) groups is 2. The molecular formula is C11H18N2O4. The van der Waals surface area contributed by atoms with Gasteiger partial charge in [0.1, 0.15) is 11.7 Å². The summed E-state index contributed by atoms with van der Waals surface area (Å²) in [4.78, 5) is 30.0. The van der Waals surface area contributed by atoms with Crippen molar-refractivity contribution in [1.82, 2.24) is 10.4 Å². The molecule has 2 aliphatic rings. The molecule has 0 saturated carbocycles. The van der Waals surface area contributed by atoms with Gasteiger partial charge < -0.3 is 9.64 Å². The highest BCUT2D eigenvalue weighted by molar-refractivity contribution is 5.81. The van der Waals surface area contributed by atoms with E-state index in [9.17, 15) is 9.59 Å². The lowest BCUT2D eigenvalue weighted by Gasteiger charge is -2.33. The molecule has 0 spiro atoms. The third kappa shape index (κ3) is 2.69. The maximum Gasteiger partial charge on any atom is 0.410 e. The number of ether oxygens (including phenoxy) is 1. The van der Waals surface area contributed by atoms with Crippen LogP contribution >= 0.6 is 0 Å². The maximum absolute atomic E-state index is 11.8. The van der Waals surface area contributed by atoms with Crippen LogP contribution in [0, 0.1) is 5.92 Å². The highest BCUT2D eigenvalue weighted by Crippen LogP contribution is 2.25. The number of hydrogen-bond acceptors (Lipinski definition) is 4. The van der Waals surface area contributed by atoms with Crippen molar-refractivity contribution in [2.75, 3.05) is 13.1 Å². The Kier molecular flexibility index (Phi) is 2.99. The van der Waals surface area contributed by atoms with Gasteiger partial charge in [0, 0.05) is 13.1 Å². The minimum Gasteiger partial charge on any atom is -0.444 e. The fourth-order valence-electron chi connectivity index (χ4n) is 2.03. The number of likely N-dealkylation sites (tertiary alicyclic amines) is 1. The van der Waals surface area contributed by atoms with Crippen LogP contribution in [0.2, 0.25) is 0 Å². The number of piperidine rings is 1. The normalized spacial score (nSPS) is 28.6. The van der Waals surface area contributed by atoms with Crippen LogP contribution in [-0.4, -0.2) is 41.7 Å². The van der Waals surface area contributed by atoms with Gasteiger partial charge in [0.05, 0.1) is 5.92 Å². The van der Waals surface area contributed by atoms with Crippen LogP contribution in [0.15, 0.2) is 0 Å². The predicted molar refractivity (Wildman–Crippen MR) is 58.9 cm³/mol. The largest absolute Gasteiger partial charge is 0.444 e. The minimum atomic E-state index is -0.512. The van der Waals surface area contributed by atoms with E-state index in [2.05, 4.69) is 5.48 Å². The lowest BCUT2D eigenvalue weighted by atomic mass is 9.95. The van der Waals surface area contributed by atoms with Crippen LogP contribution < -0.4 is 5.48 Å². The molecule has 2 fully saturated rings. The molecule has 0 aromatic carbocycles. The van der Waals surface area contributed by atoms with Crippen molar-refractivity contribution in [3.63, 3.8) is 0 Å². The Morgan fingerprint density at radius 3 is 2.88 bits per heavy atom. The number of hydrogen-bond donors (Lipinski definition) is 1. The number of hydroxylamine groups is 1. The summed E-state index contributed by atoms with van der Waals surface area (Å²) in [5, 5.41) is 0. The smallest absolute Gasteiger partial charge is 0.410 e. The van der Waals surface area contributed by atoms with Crippen LogP contribution in [0.25, 0.3) is 0 Å². The summed E-state index contributed by atoms with van der Waals surface area (Å²) in [6.07, 6.45) is 0.180. The molecule has 2 rings (SSSR count). The fourth-order valence-corrected chi connectivity index (χ4v) is 2.03. The second-order valence-corrected chi connectivity index (χ2v) is 5.44. The van der Waals surface area contributed by atoms with E-state index >= 15 is 0 Å². The summed E-state index contributed by atoms with van der Waals surface area (Å²) in [7, 11) is 0. The van der Waals surface area contributed by atoms with Crippen molar-refractivity contribution < 1.29 is 19.2 Å². The Balaban J connectivity index is 1.95. The van der Waals surface area contributed by atoms with Crippen LogP contribution in [0.3, 0.4) is 0 Å². The zero-order chi connectivity index (χ0) is 12.6. The van der Waals surface area contributed by atoms with Crippen molar-refractivity contribution in [3.05, 3.63) is 0 Å². The first kappa shape index (κ1) is 12.2. The summed E-state index contributed by atoms with van der Waals surface area (Å²) >= 11 is 0. The van der Waals surface area contributed by atoms with Crippen molar-refractivity contribution in [1.29, 1.82) is 0 Å². The third-order valence-electron chi connectivity index (χ3n) is 2.85. The summed E-state index contributed by atoms with van der Waals surface area (Å²) in [6, 6.07) is 0. The molecule has 0 aliphatic carbocycles. The Hall–Kier alpha value is -1.30. The van der Waals surface area contributed by atoms with Gasteiger partial charge >= 0.3 is 6.09 Å². The van der Waals surface area contributed by atoms with E-state index in [0.29, 0.717) is 19.5 Å². The van der Waals surface area contributed by atoms with E-state index in [1.807, 2.05) is 20.8 Å². The van der Waals surface area contributed by atoms with Gasteiger partial charge in [0.25, 0.3) is 5.91 Å². The number of nitrogens with zero attached hydrogens (tertiary/aromatic N) is 1. The van der Waals surface area contributed by atoms with E-state index < -0.39 is 5.60 Å². The molecule has 2 atom stereocenters. The van der Waals surface area contributed by atoms with Crippen molar-refractivity contribution in [2.24, 2.45) is 5.92 Å². The lowest BCUT2D eigenvalue weighted by molar-refractivity contribution is -0.126. The lowest BCUT2D eigenvalue weighted by Crippen LogP contribution is -2.47. The van der Waals surface area contributed by atoms with E-state index in [4.69, 9.17) is 9.57 Å². The van der Waals surface area contributed by atoms with Crippen molar-refractivity contribution >= 4 is 12.0 Å². The molecule has 0 aromatic rings. The monoisotopic (exact) mass is 242 g/mol. The SMILES string of the molecule is CC(C)(C)OC(=O)N1CC[C@@H]2ONC(=O)[C@@H]2C1. The van der Waals surface area contributed by atoms with Crippen LogP contribution in [0.4, 0.5) is 4.79 Å². The molecule has 2 heterocycles. The third-order valence-corrected chi connectivity index (χ3v) is 2.85. The van der Waals surface area contributed by atoms with Gasteiger partial charge in [0.15, 0.2) is 0 Å². The molecule has 6 nitrogen and oxygen atoms in total. The molecule has 0 bridgehead atoms. The molecule has 17 heavy (non-hydrogen) atoms. The summed E-state index contributed by atoms with van der Waals surface area (Å²) in [5.74, 6) is -0.417. The second kappa shape index (κ2) is 4.18. The van der Waals surface area contributed by atoms with Gasteiger partial charge in [0.2, 0.25) is 0 Å². The maximum atomic E-state index is 11.8. The molecule has 6 heteroatoms. The number of amides is 2. The van der Waals surface area contributed by atoms with Gasteiger partial charge in [-0.3, -0.25) is 9.63 Å². The number of fused-ring (bicyclic) bond motifs is 1. The topological polar surface area (TPSA) is 67.9 Å². The minimum absolute atomic E-state index is 0.110. The molecule has 0 aromatic heterocycles. The first-order valence-corrected chi connectivity index (χ1v) is 5.80. The standard InChI is InChI=1S/C11H18N2O4/c1-11(2,3)16-10(15)13-5-4-8-7(6-13)9(14)12-17-8/h7-8H,4-6H2,1-3H3,(H,12,14)/t7-,8+/m1/s1. The van der Waals surface area contributed by atoms with E-state index in [0.717, 1.165) is 0 Å². The van der Waals surface area contributed by atoms with Crippen LogP contribution in [0.5, 0.6) is 0 Å². The van der Waals surface area contributed by atoms with Gasteiger partial charge in [-0.2, -0.15) is 0 Å². The van der Waals surface area contributed by atoms with Gasteiger partial charge in [-0.15, -0.1) is 0 Å². The van der Waals surface area contributed by atoms with E-state index in [1.165, 1.54) is 0 Å². The first-order valence-electron chi connectivity index (χ1n) is 5.80. The summed E-state index contributed by atoms with van der Waals surface area (Å²) in [5.41, 5.74) is 1.84. The number of nitrogens with one attached hydrogen (secondary N) is 1. The molecule has 0 radical (unpaired) electrons. The number of carbonyl (C=O) groups excluding carboxylic acids is 2. The van der Waals surface area contributed by atoms with Crippen LogP contribution in [0.1, 0.15) is 27.2 Å². The Bertz CT molecular complexity index is 337. The molecule has 2 saturated heterocycles. The van der Waals surface area contributed by atoms with E-state index in [1.54, 1.807) is 4.90 Å². The Morgan fingerprint density at radius 2 is 2.24 bits per heavy atom. The average Bonchev–Trinajstić information content (AvgIpc) is 2.57. The van der Waals surface area contributed by atoms with Gasteiger partial charge in [-0.05, 0) is 27.2 Å². The molecule has 1 N–H and O–H groups in total. The Morgan fingerprint density at radius 1 is 1.53 bits per heavy atom. The molecule has 2 amide bonds. The van der Waals surface area contributed by atoms with E-state index in [-0.39, 0.29) is 24.0 Å². The quantitative estimate of drug-likeness (QED) is 0.678. The highest BCUT2D eigenvalue weighted by Gasteiger charge is 2.42. The average molecular weight is 242 g/mol. The molecular weight excluding hydrogens is 224 g/mol. The zero-order valence-electron chi connectivity index (χ0n) is 10.4. The van der Waals surface area contributed by atoms with Gasteiger partial charge in [-0.25, -0.2) is 10.3 Å². The van der Waals surface area contributed by atoms with Crippen molar-refractivity contribution in [3.8, 4) is 0 Å².